The molecule has 0 heterocycles. The van der Waals surface area contributed by atoms with Crippen LogP contribution in [0.4, 0.5) is 0 Å². The van der Waals surface area contributed by atoms with Gasteiger partial charge in [0.15, 0.2) is 0 Å². The van der Waals surface area contributed by atoms with Crippen molar-refractivity contribution in [3.8, 4) is 0 Å². The van der Waals surface area contributed by atoms with Crippen molar-refractivity contribution < 1.29 is 4.43 Å². The summed E-state index contributed by atoms with van der Waals surface area (Å²) >= 11 is 0. The van der Waals surface area contributed by atoms with E-state index in [1.165, 1.54) is 0 Å². The molecule has 0 aliphatic rings. The van der Waals surface area contributed by atoms with Gasteiger partial charge in [-0.2, -0.15) is 0 Å². The van der Waals surface area contributed by atoms with Gasteiger partial charge in [0.2, 0.25) is 8.32 Å². The van der Waals surface area contributed by atoms with Gasteiger partial charge in [0, 0.05) is 11.5 Å². The first-order valence-corrected chi connectivity index (χ1v) is 7.92. The van der Waals surface area contributed by atoms with Crippen molar-refractivity contribution in [1.29, 1.82) is 0 Å². The molecule has 0 atom stereocenters. The maximum absolute atomic E-state index is 8.03. The Balaban J connectivity index is 3.77. The Bertz CT molecular complexity index is 262. The van der Waals surface area contributed by atoms with Gasteiger partial charge in [-0.3, -0.25) is 0 Å². The van der Waals surface area contributed by atoms with Gasteiger partial charge in [-0.25, -0.2) is 0 Å². The van der Waals surface area contributed by atoms with Gasteiger partial charge in [-0.15, -0.1) is 0 Å². The molecule has 0 aromatic rings. The van der Waals surface area contributed by atoms with Crippen LogP contribution in [0.2, 0.25) is 19.6 Å². The fourth-order valence-electron chi connectivity index (χ4n) is 0.819. The molecule has 0 bridgehead atoms. The largest absolute Gasteiger partial charge is 0.545 e. The number of allylic oxidation sites excluding steroid dienone is 1. The first-order valence-electron chi connectivity index (χ1n) is 4.51. The van der Waals surface area contributed by atoms with Gasteiger partial charge in [0.25, 0.3) is 0 Å². The third-order valence-electron chi connectivity index (χ3n) is 1.20. The second-order valence-corrected chi connectivity index (χ2v) is 8.26. The highest BCUT2D eigenvalue weighted by Gasteiger charge is 2.15. The normalized spacial score (nSPS) is 11.1. The van der Waals surface area contributed by atoms with E-state index in [1.54, 1.807) is 0 Å². The molecule has 0 radical (unpaired) electrons. The predicted molar refractivity (Wildman–Crippen MR) is 61.3 cm³/mol. The van der Waals surface area contributed by atoms with E-state index in [0.717, 1.165) is 6.42 Å². The zero-order valence-electron chi connectivity index (χ0n) is 9.03. The first-order chi connectivity index (χ1) is 6.45. The van der Waals surface area contributed by atoms with Crippen LogP contribution in [0.3, 0.4) is 0 Å². The molecule has 14 heavy (non-hydrogen) atoms. The van der Waals surface area contributed by atoms with Gasteiger partial charge in [0.05, 0.1) is 5.76 Å². The number of azide groups is 1. The molecule has 0 N–H and O–H groups in total. The van der Waals surface area contributed by atoms with Crippen molar-refractivity contribution in [2.75, 3.05) is 6.54 Å². The lowest BCUT2D eigenvalue weighted by atomic mass is 10.3. The van der Waals surface area contributed by atoms with Crippen LogP contribution in [0.15, 0.2) is 29.6 Å². The van der Waals surface area contributed by atoms with Gasteiger partial charge in [0.1, 0.15) is 0 Å². The molecule has 0 spiro atoms. The standard InChI is InChI=1S/C9H17N3OSi/c1-9(13-14(2,3)4)7-5-6-8-11-12-10/h5,7H,1,6,8H2,2-4H3/b7-5+. The Kier molecular flexibility index (Phi) is 5.75. The molecule has 0 saturated heterocycles. The highest BCUT2D eigenvalue weighted by Crippen LogP contribution is 2.09. The zero-order chi connectivity index (χ0) is 11.0. The summed E-state index contributed by atoms with van der Waals surface area (Å²) in [5.74, 6) is 0.685. The molecular formula is C9H17N3OSi. The minimum Gasteiger partial charge on any atom is -0.545 e. The minimum absolute atomic E-state index is 0.479. The molecule has 0 aromatic carbocycles. The Morgan fingerprint density at radius 1 is 1.57 bits per heavy atom. The van der Waals surface area contributed by atoms with E-state index in [0.29, 0.717) is 12.3 Å². The van der Waals surface area contributed by atoms with Crippen molar-refractivity contribution in [3.05, 3.63) is 34.9 Å². The third-order valence-corrected chi connectivity index (χ3v) is 2.07. The Morgan fingerprint density at radius 3 is 2.71 bits per heavy atom. The van der Waals surface area contributed by atoms with E-state index in [-0.39, 0.29) is 0 Å². The smallest absolute Gasteiger partial charge is 0.242 e. The van der Waals surface area contributed by atoms with Gasteiger partial charge in [-0.1, -0.05) is 17.8 Å². The summed E-state index contributed by atoms with van der Waals surface area (Å²) in [6.45, 7) is 10.6. The monoisotopic (exact) mass is 211 g/mol. The van der Waals surface area contributed by atoms with Crippen molar-refractivity contribution in [2.24, 2.45) is 5.11 Å². The molecule has 78 valence electrons. The lowest BCUT2D eigenvalue weighted by Gasteiger charge is -2.18. The highest BCUT2D eigenvalue weighted by molar-refractivity contribution is 6.70. The molecule has 0 saturated carbocycles. The molecule has 0 aromatic heterocycles. The number of nitrogens with zero attached hydrogens (tertiary/aromatic N) is 3. The maximum Gasteiger partial charge on any atom is 0.242 e. The maximum atomic E-state index is 8.03. The van der Waals surface area contributed by atoms with Crippen LogP contribution in [0.1, 0.15) is 6.42 Å². The van der Waals surface area contributed by atoms with Crippen molar-refractivity contribution >= 4 is 8.32 Å². The second-order valence-electron chi connectivity index (χ2n) is 3.83. The average Bonchev–Trinajstić information content (AvgIpc) is 2.00. The first kappa shape index (κ1) is 12.8. The third kappa shape index (κ3) is 8.90. The van der Waals surface area contributed by atoms with Crippen LogP contribution in [0.25, 0.3) is 10.4 Å². The number of rotatable bonds is 6. The number of hydrogen-bond donors (Lipinski definition) is 0. The Labute approximate surface area is 86.0 Å². The lowest BCUT2D eigenvalue weighted by molar-refractivity contribution is 0.444. The highest BCUT2D eigenvalue weighted by atomic mass is 28.4. The topological polar surface area (TPSA) is 58.0 Å². The summed E-state index contributed by atoms with van der Waals surface area (Å²) in [6.07, 6.45) is 4.44. The van der Waals surface area contributed by atoms with Crippen LogP contribution < -0.4 is 0 Å². The molecule has 5 heteroatoms. The van der Waals surface area contributed by atoms with E-state index < -0.39 is 8.32 Å². The SMILES string of the molecule is C=C(/C=C/CCN=[N+]=[N-])O[Si](C)(C)C. The zero-order valence-corrected chi connectivity index (χ0v) is 10.0. The van der Waals surface area contributed by atoms with E-state index in [4.69, 9.17) is 9.96 Å². The van der Waals surface area contributed by atoms with E-state index in [2.05, 4.69) is 36.2 Å². The Hall–Kier alpha value is -1.19. The summed E-state index contributed by atoms with van der Waals surface area (Å²) in [7, 11) is -1.53. The molecule has 4 nitrogen and oxygen atoms in total. The quantitative estimate of drug-likeness (QED) is 0.126. The molecular weight excluding hydrogens is 194 g/mol. The molecule has 0 fully saturated rings. The summed E-state index contributed by atoms with van der Waals surface area (Å²) in [5, 5.41) is 3.41. The molecule has 0 aliphatic heterocycles. The van der Waals surface area contributed by atoms with Crippen LogP contribution >= 0.6 is 0 Å². The van der Waals surface area contributed by atoms with E-state index >= 15 is 0 Å². The van der Waals surface area contributed by atoms with Crippen molar-refractivity contribution in [3.63, 3.8) is 0 Å². The van der Waals surface area contributed by atoms with Crippen LogP contribution in [-0.2, 0) is 4.43 Å². The molecule has 0 aliphatic carbocycles. The van der Waals surface area contributed by atoms with Crippen LogP contribution in [0, 0.1) is 0 Å². The predicted octanol–water partition coefficient (Wildman–Crippen LogP) is 3.61. The van der Waals surface area contributed by atoms with Gasteiger partial charge in [-0.05, 0) is 37.7 Å². The molecule has 0 rings (SSSR count). The molecule has 0 amide bonds. The fraction of sp³-hybridized carbons (Fsp3) is 0.556. The van der Waals surface area contributed by atoms with Crippen LogP contribution in [-0.4, -0.2) is 14.9 Å². The second kappa shape index (κ2) is 6.29. The van der Waals surface area contributed by atoms with Crippen molar-refractivity contribution in [1.82, 2.24) is 0 Å². The van der Waals surface area contributed by atoms with Crippen molar-refractivity contribution in [2.45, 2.75) is 26.1 Å². The number of hydrogen-bond acceptors (Lipinski definition) is 2. The minimum atomic E-state index is -1.53. The average molecular weight is 211 g/mol. The molecule has 0 unspecified atom stereocenters. The van der Waals surface area contributed by atoms with E-state index in [9.17, 15) is 0 Å². The summed E-state index contributed by atoms with van der Waals surface area (Å²) < 4.78 is 5.60. The van der Waals surface area contributed by atoms with E-state index in [1.807, 2.05) is 12.2 Å². The van der Waals surface area contributed by atoms with Gasteiger partial charge < -0.3 is 4.43 Å². The fourth-order valence-corrected chi connectivity index (χ4v) is 1.67. The van der Waals surface area contributed by atoms with Gasteiger partial charge >= 0.3 is 0 Å². The summed E-state index contributed by atoms with van der Waals surface area (Å²) in [5.41, 5.74) is 8.03. The summed E-state index contributed by atoms with van der Waals surface area (Å²) in [6, 6.07) is 0. The summed E-state index contributed by atoms with van der Waals surface area (Å²) in [4.78, 5) is 2.66. The van der Waals surface area contributed by atoms with Crippen LogP contribution in [0.5, 0.6) is 0 Å². The Morgan fingerprint density at radius 2 is 2.21 bits per heavy atom. The lowest BCUT2D eigenvalue weighted by Crippen LogP contribution is -2.23.